The van der Waals surface area contributed by atoms with Crippen molar-refractivity contribution in [1.82, 2.24) is 9.80 Å². The van der Waals surface area contributed by atoms with E-state index < -0.39 is 0 Å². The van der Waals surface area contributed by atoms with Gasteiger partial charge in [-0.05, 0) is 43.3 Å². The van der Waals surface area contributed by atoms with Gasteiger partial charge < -0.3 is 19.5 Å². The summed E-state index contributed by atoms with van der Waals surface area (Å²) in [5.41, 5.74) is 1.23. The number of carbonyl (C=O) groups excluding carboxylic acids is 3. The molecule has 7 heteroatoms. The zero-order chi connectivity index (χ0) is 17.8. The first-order chi connectivity index (χ1) is 12.0. The second-order valence-electron chi connectivity index (χ2n) is 5.82. The van der Waals surface area contributed by atoms with E-state index in [4.69, 9.17) is 4.42 Å². The van der Waals surface area contributed by atoms with Crippen molar-refractivity contribution in [1.29, 1.82) is 0 Å². The van der Waals surface area contributed by atoms with Crippen molar-refractivity contribution in [3.05, 3.63) is 54.0 Å². The van der Waals surface area contributed by atoms with Crippen molar-refractivity contribution in [2.75, 3.05) is 31.5 Å². The predicted octanol–water partition coefficient (Wildman–Crippen LogP) is 2.47. The quantitative estimate of drug-likeness (QED) is 0.870. The van der Waals surface area contributed by atoms with Gasteiger partial charge in [0, 0.05) is 37.4 Å². The van der Waals surface area contributed by atoms with Crippen LogP contribution in [0.2, 0.25) is 0 Å². The molecule has 2 aromatic rings. The van der Waals surface area contributed by atoms with E-state index in [9.17, 15) is 14.4 Å². The third kappa shape index (κ3) is 3.88. The van der Waals surface area contributed by atoms with Gasteiger partial charge in [0.05, 0.1) is 6.26 Å². The van der Waals surface area contributed by atoms with Crippen LogP contribution in [0.5, 0.6) is 0 Å². The van der Waals surface area contributed by atoms with E-state index in [0.717, 1.165) is 0 Å². The van der Waals surface area contributed by atoms with Gasteiger partial charge in [0.2, 0.25) is 0 Å². The summed E-state index contributed by atoms with van der Waals surface area (Å²) in [6.45, 7) is 3.30. The molecule has 1 N–H and O–H groups in total. The van der Waals surface area contributed by atoms with E-state index in [1.165, 1.54) is 13.2 Å². The summed E-state index contributed by atoms with van der Waals surface area (Å²) in [4.78, 5) is 39.1. The molecule has 0 radical (unpaired) electrons. The van der Waals surface area contributed by atoms with Gasteiger partial charge >= 0.3 is 6.03 Å². The van der Waals surface area contributed by atoms with Crippen LogP contribution in [0.1, 0.15) is 27.8 Å². The highest BCUT2D eigenvalue weighted by molar-refractivity contribution is 5.95. The number of anilines is 1. The third-order valence-corrected chi connectivity index (χ3v) is 4.13. The van der Waals surface area contributed by atoms with Crippen molar-refractivity contribution < 1.29 is 18.8 Å². The number of nitrogens with one attached hydrogen (secondary N) is 1. The predicted molar refractivity (Wildman–Crippen MR) is 91.6 cm³/mol. The molecule has 1 fully saturated rings. The van der Waals surface area contributed by atoms with Crippen LogP contribution in [-0.4, -0.2) is 53.7 Å². The summed E-state index contributed by atoms with van der Waals surface area (Å²) in [6.07, 6.45) is 1.47. The normalized spacial score (nSPS) is 14.3. The van der Waals surface area contributed by atoms with Crippen LogP contribution < -0.4 is 5.32 Å². The van der Waals surface area contributed by atoms with E-state index in [1.807, 2.05) is 0 Å². The maximum atomic E-state index is 12.3. The molecule has 0 spiro atoms. The fraction of sp³-hybridized carbons (Fsp3) is 0.278. The molecule has 1 aromatic carbocycles. The summed E-state index contributed by atoms with van der Waals surface area (Å²) < 4.78 is 5.12. The monoisotopic (exact) mass is 341 g/mol. The molecule has 0 bridgehead atoms. The fourth-order valence-corrected chi connectivity index (χ4v) is 2.66. The Balaban J connectivity index is 1.53. The number of benzene rings is 1. The number of carbonyl (C=O) groups is 3. The van der Waals surface area contributed by atoms with Gasteiger partial charge in [0.25, 0.3) is 5.91 Å². The van der Waals surface area contributed by atoms with E-state index in [2.05, 4.69) is 5.32 Å². The molecule has 3 rings (SSSR count). The Morgan fingerprint density at radius 3 is 2.16 bits per heavy atom. The first-order valence-electron chi connectivity index (χ1n) is 8.04. The summed E-state index contributed by atoms with van der Waals surface area (Å²) >= 11 is 0. The van der Waals surface area contributed by atoms with Gasteiger partial charge in [0.1, 0.15) is 0 Å². The molecule has 0 saturated carbocycles. The molecule has 25 heavy (non-hydrogen) atoms. The Morgan fingerprint density at radius 2 is 1.60 bits per heavy atom. The highest BCUT2D eigenvalue weighted by atomic mass is 16.3. The van der Waals surface area contributed by atoms with Crippen molar-refractivity contribution >= 4 is 23.4 Å². The highest BCUT2D eigenvalue weighted by Crippen LogP contribution is 2.13. The Hall–Kier alpha value is -3.09. The van der Waals surface area contributed by atoms with Crippen molar-refractivity contribution in [3.8, 4) is 0 Å². The number of furan rings is 1. The van der Waals surface area contributed by atoms with Gasteiger partial charge in [-0.2, -0.15) is 0 Å². The van der Waals surface area contributed by atoms with Crippen LogP contribution >= 0.6 is 0 Å². The molecule has 0 atom stereocenters. The zero-order valence-corrected chi connectivity index (χ0v) is 13.9. The topological polar surface area (TPSA) is 82.9 Å². The van der Waals surface area contributed by atoms with Crippen LogP contribution in [0.3, 0.4) is 0 Å². The fourth-order valence-electron chi connectivity index (χ4n) is 2.66. The standard InChI is InChI=1S/C18H19N3O4/c1-13(22)14-4-6-15(7-5-14)19-18(24)21-10-8-20(9-11-21)17(23)16-3-2-12-25-16/h2-7,12H,8-11H2,1H3,(H,19,24). The second-order valence-corrected chi connectivity index (χ2v) is 5.82. The van der Waals surface area contributed by atoms with E-state index in [-0.39, 0.29) is 17.7 Å². The molecule has 130 valence electrons. The average molecular weight is 341 g/mol. The minimum atomic E-state index is -0.222. The lowest BCUT2D eigenvalue weighted by Gasteiger charge is -2.34. The third-order valence-electron chi connectivity index (χ3n) is 4.13. The molecule has 1 aromatic heterocycles. The number of nitrogens with zero attached hydrogens (tertiary/aromatic N) is 2. The Labute approximate surface area is 145 Å². The first-order valence-corrected chi connectivity index (χ1v) is 8.04. The largest absolute Gasteiger partial charge is 0.459 e. The van der Waals surface area contributed by atoms with Crippen molar-refractivity contribution in [2.45, 2.75) is 6.92 Å². The molecule has 1 aliphatic rings. The molecular weight excluding hydrogens is 322 g/mol. The number of amides is 3. The number of hydrogen-bond acceptors (Lipinski definition) is 4. The summed E-state index contributed by atoms with van der Waals surface area (Å²) in [7, 11) is 0. The summed E-state index contributed by atoms with van der Waals surface area (Å²) in [5, 5.41) is 2.80. The Kier molecular flexibility index (Phi) is 4.83. The van der Waals surface area contributed by atoms with Crippen LogP contribution in [0.15, 0.2) is 47.1 Å². The molecule has 1 aliphatic heterocycles. The van der Waals surface area contributed by atoms with Crippen LogP contribution in [0, 0.1) is 0 Å². The van der Waals surface area contributed by atoms with E-state index >= 15 is 0 Å². The number of hydrogen-bond donors (Lipinski definition) is 1. The number of urea groups is 1. The number of ketones is 1. The average Bonchev–Trinajstić information content (AvgIpc) is 3.16. The highest BCUT2D eigenvalue weighted by Gasteiger charge is 2.26. The van der Waals surface area contributed by atoms with Gasteiger partial charge in [-0.1, -0.05) is 0 Å². The Morgan fingerprint density at radius 1 is 0.960 bits per heavy atom. The van der Waals surface area contributed by atoms with Crippen molar-refractivity contribution in [3.63, 3.8) is 0 Å². The maximum Gasteiger partial charge on any atom is 0.321 e. The molecule has 7 nitrogen and oxygen atoms in total. The number of Topliss-reactive ketones (excluding diaryl/α,β-unsaturated/α-hetero) is 1. The Bertz CT molecular complexity index is 760. The second kappa shape index (κ2) is 7.21. The van der Waals surface area contributed by atoms with E-state index in [1.54, 1.807) is 46.2 Å². The van der Waals surface area contributed by atoms with Crippen LogP contribution in [-0.2, 0) is 0 Å². The van der Waals surface area contributed by atoms with Crippen LogP contribution in [0.25, 0.3) is 0 Å². The minimum absolute atomic E-state index is 0.0183. The minimum Gasteiger partial charge on any atom is -0.459 e. The molecule has 0 unspecified atom stereocenters. The molecule has 3 amide bonds. The SMILES string of the molecule is CC(=O)c1ccc(NC(=O)N2CCN(C(=O)c3ccco3)CC2)cc1. The summed E-state index contributed by atoms with van der Waals surface area (Å²) in [5.74, 6) is 0.128. The molecule has 0 aliphatic carbocycles. The molecular formula is C18H19N3O4. The molecule has 2 heterocycles. The smallest absolute Gasteiger partial charge is 0.321 e. The van der Waals surface area contributed by atoms with Crippen molar-refractivity contribution in [2.24, 2.45) is 0 Å². The van der Waals surface area contributed by atoms with Gasteiger partial charge in [-0.25, -0.2) is 4.79 Å². The first kappa shape index (κ1) is 16.8. The molecule has 1 saturated heterocycles. The lowest BCUT2D eigenvalue weighted by Crippen LogP contribution is -2.51. The zero-order valence-electron chi connectivity index (χ0n) is 13.9. The number of piperazine rings is 1. The lowest BCUT2D eigenvalue weighted by atomic mass is 10.1. The number of rotatable bonds is 3. The summed E-state index contributed by atoms with van der Waals surface area (Å²) in [6, 6.07) is 9.84. The van der Waals surface area contributed by atoms with Gasteiger partial charge in [-0.15, -0.1) is 0 Å². The lowest BCUT2D eigenvalue weighted by molar-refractivity contribution is 0.0640. The van der Waals surface area contributed by atoms with Crippen LogP contribution in [0.4, 0.5) is 10.5 Å². The van der Waals surface area contributed by atoms with Gasteiger partial charge in [-0.3, -0.25) is 9.59 Å². The van der Waals surface area contributed by atoms with Gasteiger partial charge in [0.15, 0.2) is 11.5 Å². The van der Waals surface area contributed by atoms with E-state index in [0.29, 0.717) is 43.2 Å². The maximum absolute atomic E-state index is 12.3.